The van der Waals surface area contributed by atoms with Crippen LogP contribution in [0.25, 0.3) is 0 Å². The van der Waals surface area contributed by atoms with Crippen molar-refractivity contribution >= 4 is 18.5 Å². The Hall–Kier alpha value is -0.180. The van der Waals surface area contributed by atoms with Crippen molar-refractivity contribution in [3.63, 3.8) is 0 Å². The van der Waals surface area contributed by atoms with Gasteiger partial charge in [-0.25, -0.2) is 0 Å². The first-order valence-electron chi connectivity index (χ1n) is 8.16. The molecule has 1 amide bonds. The van der Waals surface area contributed by atoms with Gasteiger partial charge in [-0.2, -0.15) is 12.6 Å². The van der Waals surface area contributed by atoms with Gasteiger partial charge in [-0.15, -0.1) is 0 Å². The molecule has 118 valence electrons. The highest BCUT2D eigenvalue weighted by atomic mass is 32.1. The second kappa shape index (κ2) is 7.20. The third-order valence-corrected chi connectivity index (χ3v) is 6.06. The van der Waals surface area contributed by atoms with E-state index in [0.29, 0.717) is 17.2 Å². The monoisotopic (exact) mass is 299 g/mol. The van der Waals surface area contributed by atoms with E-state index in [2.05, 4.69) is 52.1 Å². The van der Waals surface area contributed by atoms with Gasteiger partial charge in [-0.05, 0) is 48.2 Å². The van der Waals surface area contributed by atoms with E-state index in [-0.39, 0.29) is 5.41 Å². The van der Waals surface area contributed by atoms with Crippen molar-refractivity contribution in [2.75, 3.05) is 18.8 Å². The van der Waals surface area contributed by atoms with Gasteiger partial charge in [-0.3, -0.25) is 4.79 Å². The predicted octanol–water partition coefficient (Wildman–Crippen LogP) is 4.40. The number of amides is 1. The quantitative estimate of drug-likeness (QED) is 0.746. The largest absolute Gasteiger partial charge is 0.342 e. The highest BCUT2D eigenvalue weighted by Gasteiger charge is 2.34. The summed E-state index contributed by atoms with van der Waals surface area (Å²) in [6.07, 6.45) is 5.10. The molecule has 1 aliphatic heterocycles. The third-order valence-electron chi connectivity index (χ3n) is 5.39. The van der Waals surface area contributed by atoms with Crippen LogP contribution < -0.4 is 0 Å². The van der Waals surface area contributed by atoms with Crippen LogP contribution in [0.15, 0.2) is 0 Å². The van der Waals surface area contributed by atoms with E-state index in [0.717, 1.165) is 50.9 Å². The van der Waals surface area contributed by atoms with Crippen molar-refractivity contribution < 1.29 is 4.79 Å². The van der Waals surface area contributed by atoms with E-state index in [4.69, 9.17) is 0 Å². The third kappa shape index (κ3) is 4.41. The molecule has 0 bridgehead atoms. The Labute approximate surface area is 131 Å². The average Bonchev–Trinajstić information content (AvgIpc) is 2.58. The number of thiol groups is 1. The van der Waals surface area contributed by atoms with Crippen LogP contribution in [0.4, 0.5) is 0 Å². The number of carbonyl (C=O) groups is 1. The van der Waals surface area contributed by atoms with Crippen LogP contribution in [0.5, 0.6) is 0 Å². The van der Waals surface area contributed by atoms with Crippen molar-refractivity contribution in [2.45, 2.75) is 66.7 Å². The highest BCUT2D eigenvalue weighted by molar-refractivity contribution is 7.80. The molecule has 1 fully saturated rings. The first-order chi connectivity index (χ1) is 9.28. The van der Waals surface area contributed by atoms with E-state index in [9.17, 15) is 4.79 Å². The lowest BCUT2D eigenvalue weighted by atomic mass is 9.76. The molecule has 1 atom stereocenters. The Balaban J connectivity index is 2.74. The molecule has 0 aromatic carbocycles. The molecule has 1 saturated heterocycles. The molecule has 0 aromatic rings. The van der Waals surface area contributed by atoms with Crippen molar-refractivity contribution in [1.82, 2.24) is 4.90 Å². The van der Waals surface area contributed by atoms with Crippen LogP contribution in [0.3, 0.4) is 0 Å². The van der Waals surface area contributed by atoms with Gasteiger partial charge in [0.15, 0.2) is 0 Å². The van der Waals surface area contributed by atoms with Crippen LogP contribution in [0.2, 0.25) is 0 Å². The minimum atomic E-state index is 0.195. The van der Waals surface area contributed by atoms with Crippen molar-refractivity contribution in [2.24, 2.45) is 16.7 Å². The first kappa shape index (κ1) is 17.9. The summed E-state index contributed by atoms with van der Waals surface area (Å²) in [5.74, 6) is 1.88. The molecule has 3 heteroatoms. The molecular formula is C17H33NOS. The predicted molar refractivity (Wildman–Crippen MR) is 90.2 cm³/mol. The van der Waals surface area contributed by atoms with Gasteiger partial charge in [0, 0.05) is 19.5 Å². The Morgan fingerprint density at radius 3 is 2.25 bits per heavy atom. The Morgan fingerprint density at radius 2 is 1.80 bits per heavy atom. The molecule has 1 heterocycles. The molecule has 1 unspecified atom stereocenters. The number of carbonyl (C=O) groups excluding carboxylic acids is 1. The zero-order chi connectivity index (χ0) is 15.4. The SMILES string of the molecule is CCC(CC)(CS)CN1CCC(C(C)(C)C)CCC1=O. The average molecular weight is 300 g/mol. The Bertz CT molecular complexity index is 309. The number of likely N-dealkylation sites (tertiary alicyclic amines) is 1. The summed E-state index contributed by atoms with van der Waals surface area (Å²) < 4.78 is 0. The zero-order valence-corrected chi connectivity index (χ0v) is 14.9. The fourth-order valence-corrected chi connectivity index (χ4v) is 3.77. The molecule has 0 radical (unpaired) electrons. The van der Waals surface area contributed by atoms with Crippen LogP contribution >= 0.6 is 12.6 Å². The first-order valence-corrected chi connectivity index (χ1v) is 8.80. The summed E-state index contributed by atoms with van der Waals surface area (Å²) in [7, 11) is 0. The van der Waals surface area contributed by atoms with Gasteiger partial charge in [0.05, 0.1) is 0 Å². The second-order valence-corrected chi connectivity index (χ2v) is 7.89. The summed E-state index contributed by atoms with van der Waals surface area (Å²) in [5.41, 5.74) is 0.507. The van der Waals surface area contributed by atoms with E-state index < -0.39 is 0 Å². The summed E-state index contributed by atoms with van der Waals surface area (Å²) in [4.78, 5) is 14.5. The summed E-state index contributed by atoms with van der Waals surface area (Å²) in [6, 6.07) is 0. The molecule has 0 aromatic heterocycles. The van der Waals surface area contributed by atoms with Crippen LogP contribution in [0, 0.1) is 16.7 Å². The van der Waals surface area contributed by atoms with E-state index in [1.165, 1.54) is 0 Å². The standard InChI is InChI=1S/C17H33NOS/c1-6-17(7-2,13-20)12-18-11-10-14(16(3,4)5)8-9-15(18)19/h14,20H,6-13H2,1-5H3. The topological polar surface area (TPSA) is 20.3 Å². The van der Waals surface area contributed by atoms with Crippen LogP contribution in [0.1, 0.15) is 66.7 Å². The summed E-state index contributed by atoms with van der Waals surface area (Å²) >= 11 is 4.54. The molecule has 0 saturated carbocycles. The molecule has 20 heavy (non-hydrogen) atoms. The van der Waals surface area contributed by atoms with E-state index >= 15 is 0 Å². The van der Waals surface area contributed by atoms with Crippen LogP contribution in [-0.2, 0) is 4.79 Å². The maximum absolute atomic E-state index is 12.4. The highest BCUT2D eigenvalue weighted by Crippen LogP contribution is 2.36. The second-order valence-electron chi connectivity index (χ2n) is 7.57. The maximum atomic E-state index is 12.4. The van der Waals surface area contributed by atoms with Gasteiger partial charge in [0.2, 0.25) is 5.91 Å². The normalized spacial score (nSPS) is 22.0. The minimum Gasteiger partial charge on any atom is -0.342 e. The lowest BCUT2D eigenvalue weighted by Gasteiger charge is -2.36. The summed E-state index contributed by atoms with van der Waals surface area (Å²) in [6.45, 7) is 13.2. The molecule has 1 rings (SSSR count). The summed E-state index contributed by atoms with van der Waals surface area (Å²) in [5, 5.41) is 0. The fourth-order valence-electron chi connectivity index (χ4n) is 3.22. The van der Waals surface area contributed by atoms with Gasteiger partial charge in [-0.1, -0.05) is 34.6 Å². The molecule has 1 aliphatic rings. The Kier molecular flexibility index (Phi) is 6.43. The van der Waals surface area contributed by atoms with Crippen molar-refractivity contribution in [3.05, 3.63) is 0 Å². The maximum Gasteiger partial charge on any atom is 0.222 e. The zero-order valence-electron chi connectivity index (χ0n) is 14.0. The lowest BCUT2D eigenvalue weighted by Crippen LogP contribution is -2.42. The molecular weight excluding hydrogens is 266 g/mol. The fraction of sp³-hybridized carbons (Fsp3) is 0.941. The molecule has 2 nitrogen and oxygen atoms in total. The number of nitrogens with zero attached hydrogens (tertiary/aromatic N) is 1. The van der Waals surface area contributed by atoms with E-state index in [1.54, 1.807) is 0 Å². The van der Waals surface area contributed by atoms with Crippen LogP contribution in [-0.4, -0.2) is 29.6 Å². The molecule has 0 spiro atoms. The van der Waals surface area contributed by atoms with Gasteiger partial charge in [0.25, 0.3) is 0 Å². The van der Waals surface area contributed by atoms with Gasteiger partial charge in [0.1, 0.15) is 0 Å². The number of hydrogen-bond donors (Lipinski definition) is 1. The molecule has 0 N–H and O–H groups in total. The smallest absolute Gasteiger partial charge is 0.222 e. The molecule has 0 aliphatic carbocycles. The van der Waals surface area contributed by atoms with Gasteiger partial charge >= 0.3 is 0 Å². The minimum absolute atomic E-state index is 0.195. The van der Waals surface area contributed by atoms with Crippen molar-refractivity contribution in [3.8, 4) is 0 Å². The Morgan fingerprint density at radius 1 is 1.20 bits per heavy atom. The lowest BCUT2D eigenvalue weighted by molar-refractivity contribution is -0.132. The number of hydrogen-bond acceptors (Lipinski definition) is 2. The van der Waals surface area contributed by atoms with Gasteiger partial charge < -0.3 is 4.90 Å². The number of rotatable bonds is 5. The van der Waals surface area contributed by atoms with E-state index in [1.807, 2.05) is 0 Å². The van der Waals surface area contributed by atoms with Crippen molar-refractivity contribution in [1.29, 1.82) is 0 Å².